The molecule has 0 radical (unpaired) electrons. The first-order valence-electron chi connectivity index (χ1n) is 5.75. The van der Waals surface area contributed by atoms with Crippen molar-refractivity contribution in [2.24, 2.45) is 5.73 Å². The lowest BCUT2D eigenvalue weighted by molar-refractivity contribution is -0.144. The Bertz CT molecular complexity index is 276. The van der Waals surface area contributed by atoms with Crippen molar-refractivity contribution in [1.82, 2.24) is 0 Å². The Balaban J connectivity index is 3.85. The summed E-state index contributed by atoms with van der Waals surface area (Å²) in [6.07, 6.45) is 1.08. The number of rotatable bonds is 8. The van der Waals surface area contributed by atoms with Crippen molar-refractivity contribution in [2.45, 2.75) is 39.2 Å². The van der Waals surface area contributed by atoms with Crippen LogP contribution >= 0.6 is 0 Å². The number of ether oxygens (including phenoxy) is 2. The normalized spacial score (nSPS) is 11.7. The number of hydrogen-bond acceptors (Lipinski definition) is 5. The van der Waals surface area contributed by atoms with Gasteiger partial charge in [0.15, 0.2) is 0 Å². The van der Waals surface area contributed by atoms with Crippen LogP contribution in [0.25, 0.3) is 0 Å². The summed E-state index contributed by atoms with van der Waals surface area (Å²) in [4.78, 5) is 22.3. The molecule has 0 heterocycles. The third-order valence-electron chi connectivity index (χ3n) is 2.09. The van der Waals surface area contributed by atoms with Gasteiger partial charge in [0.05, 0.1) is 13.2 Å². The summed E-state index contributed by atoms with van der Waals surface area (Å²) in [5.74, 6) is -0.705. The van der Waals surface area contributed by atoms with E-state index in [0.717, 1.165) is 5.57 Å². The van der Waals surface area contributed by atoms with Crippen molar-refractivity contribution < 1.29 is 19.1 Å². The van der Waals surface area contributed by atoms with Crippen molar-refractivity contribution >= 4 is 11.9 Å². The first-order valence-corrected chi connectivity index (χ1v) is 5.75. The molecule has 0 aromatic rings. The lowest BCUT2D eigenvalue weighted by atomic mass is 10.0. The molecule has 0 rings (SSSR count). The summed E-state index contributed by atoms with van der Waals surface area (Å²) in [5.41, 5.74) is 6.37. The van der Waals surface area contributed by atoms with E-state index in [2.05, 4.69) is 6.58 Å². The van der Waals surface area contributed by atoms with E-state index in [1.165, 1.54) is 0 Å². The highest BCUT2D eigenvalue weighted by Crippen LogP contribution is 2.10. The number of carbonyl (C=O) groups is 2. The highest BCUT2D eigenvalue weighted by molar-refractivity contribution is 5.76. The average Bonchev–Trinajstić information content (AvgIpc) is 2.27. The van der Waals surface area contributed by atoms with Crippen LogP contribution < -0.4 is 5.73 Å². The van der Waals surface area contributed by atoms with E-state index < -0.39 is 12.0 Å². The molecular weight excluding hydrogens is 222 g/mol. The SMILES string of the molecule is C=C(CCC(=O)OCC)CC(N)C(=O)OCC. The van der Waals surface area contributed by atoms with Gasteiger partial charge in [0.1, 0.15) is 6.04 Å². The van der Waals surface area contributed by atoms with Crippen LogP contribution in [0.1, 0.15) is 33.1 Å². The standard InChI is InChI=1S/C12H21NO4/c1-4-16-11(14)7-6-9(3)8-10(13)12(15)17-5-2/h10H,3-8,13H2,1-2H3. The predicted octanol–water partition coefficient (Wildman–Crippen LogP) is 1.17. The van der Waals surface area contributed by atoms with Gasteiger partial charge in [0, 0.05) is 6.42 Å². The number of esters is 2. The molecule has 5 nitrogen and oxygen atoms in total. The molecule has 2 N–H and O–H groups in total. The van der Waals surface area contributed by atoms with Gasteiger partial charge in [-0.15, -0.1) is 0 Å². The Hall–Kier alpha value is -1.36. The summed E-state index contributed by atoms with van der Waals surface area (Å²) in [7, 11) is 0. The topological polar surface area (TPSA) is 78.6 Å². The Morgan fingerprint density at radius 1 is 1.18 bits per heavy atom. The second-order valence-corrected chi connectivity index (χ2v) is 3.62. The summed E-state index contributed by atoms with van der Waals surface area (Å²) in [6.45, 7) is 7.93. The van der Waals surface area contributed by atoms with Crippen LogP contribution in [0.15, 0.2) is 12.2 Å². The first-order chi connectivity index (χ1) is 8.01. The van der Waals surface area contributed by atoms with Crippen LogP contribution in [-0.4, -0.2) is 31.2 Å². The van der Waals surface area contributed by atoms with Gasteiger partial charge in [-0.1, -0.05) is 12.2 Å². The van der Waals surface area contributed by atoms with Gasteiger partial charge < -0.3 is 15.2 Å². The van der Waals surface area contributed by atoms with Gasteiger partial charge in [0.2, 0.25) is 0 Å². The fraction of sp³-hybridized carbons (Fsp3) is 0.667. The third-order valence-corrected chi connectivity index (χ3v) is 2.09. The molecule has 98 valence electrons. The average molecular weight is 243 g/mol. The zero-order valence-corrected chi connectivity index (χ0v) is 10.5. The molecule has 0 aliphatic carbocycles. The van der Waals surface area contributed by atoms with Crippen LogP contribution in [0.3, 0.4) is 0 Å². The second-order valence-electron chi connectivity index (χ2n) is 3.62. The molecule has 0 fully saturated rings. The fourth-order valence-corrected chi connectivity index (χ4v) is 1.26. The lowest BCUT2D eigenvalue weighted by Gasteiger charge is -2.12. The van der Waals surface area contributed by atoms with Gasteiger partial charge >= 0.3 is 11.9 Å². The van der Waals surface area contributed by atoms with E-state index in [0.29, 0.717) is 26.1 Å². The number of carbonyl (C=O) groups excluding carboxylic acids is 2. The molecule has 0 aliphatic heterocycles. The van der Waals surface area contributed by atoms with E-state index in [-0.39, 0.29) is 12.4 Å². The van der Waals surface area contributed by atoms with Crippen LogP contribution in [-0.2, 0) is 19.1 Å². The molecule has 5 heteroatoms. The minimum absolute atomic E-state index is 0.265. The molecule has 1 unspecified atom stereocenters. The summed E-state index contributed by atoms with van der Waals surface area (Å²) < 4.78 is 9.55. The van der Waals surface area contributed by atoms with Gasteiger partial charge in [-0.25, -0.2) is 0 Å². The maximum absolute atomic E-state index is 11.2. The molecule has 0 aromatic carbocycles. The van der Waals surface area contributed by atoms with Crippen molar-refractivity contribution in [3.8, 4) is 0 Å². The van der Waals surface area contributed by atoms with E-state index in [1.54, 1.807) is 13.8 Å². The van der Waals surface area contributed by atoms with E-state index >= 15 is 0 Å². The minimum Gasteiger partial charge on any atom is -0.466 e. The first kappa shape index (κ1) is 15.6. The molecule has 0 aromatic heterocycles. The molecule has 0 amide bonds. The minimum atomic E-state index is -0.704. The highest BCUT2D eigenvalue weighted by atomic mass is 16.5. The van der Waals surface area contributed by atoms with Gasteiger partial charge in [0.25, 0.3) is 0 Å². The Morgan fingerprint density at radius 3 is 2.29 bits per heavy atom. The summed E-state index contributed by atoms with van der Waals surface area (Å²) in [6, 6.07) is -0.704. The highest BCUT2D eigenvalue weighted by Gasteiger charge is 2.16. The maximum Gasteiger partial charge on any atom is 0.323 e. The molecule has 0 bridgehead atoms. The van der Waals surface area contributed by atoms with Gasteiger partial charge in [-0.2, -0.15) is 0 Å². The maximum atomic E-state index is 11.2. The fourth-order valence-electron chi connectivity index (χ4n) is 1.26. The lowest BCUT2D eigenvalue weighted by Crippen LogP contribution is -2.32. The second kappa shape index (κ2) is 8.75. The summed E-state index contributed by atoms with van der Waals surface area (Å²) in [5, 5.41) is 0. The summed E-state index contributed by atoms with van der Waals surface area (Å²) >= 11 is 0. The van der Waals surface area contributed by atoms with Crippen molar-refractivity contribution in [3.63, 3.8) is 0 Å². The third kappa shape index (κ3) is 7.52. The zero-order chi connectivity index (χ0) is 13.3. The monoisotopic (exact) mass is 243 g/mol. The van der Waals surface area contributed by atoms with Crippen LogP contribution in [0.4, 0.5) is 0 Å². The molecule has 0 saturated heterocycles. The Morgan fingerprint density at radius 2 is 1.76 bits per heavy atom. The van der Waals surface area contributed by atoms with Crippen LogP contribution in [0.2, 0.25) is 0 Å². The van der Waals surface area contributed by atoms with Gasteiger partial charge in [-0.3, -0.25) is 9.59 Å². The van der Waals surface area contributed by atoms with Gasteiger partial charge in [-0.05, 0) is 26.7 Å². The Labute approximate surface area is 102 Å². The predicted molar refractivity (Wildman–Crippen MR) is 64.2 cm³/mol. The van der Waals surface area contributed by atoms with Crippen molar-refractivity contribution in [1.29, 1.82) is 0 Å². The largest absolute Gasteiger partial charge is 0.466 e. The molecule has 0 saturated carbocycles. The molecular formula is C12H21NO4. The molecule has 17 heavy (non-hydrogen) atoms. The van der Waals surface area contributed by atoms with Crippen LogP contribution in [0, 0.1) is 0 Å². The quantitative estimate of drug-likeness (QED) is 0.511. The molecule has 0 spiro atoms. The van der Waals surface area contributed by atoms with E-state index in [1.807, 2.05) is 0 Å². The van der Waals surface area contributed by atoms with Crippen molar-refractivity contribution in [2.75, 3.05) is 13.2 Å². The Kier molecular flexibility index (Phi) is 8.05. The van der Waals surface area contributed by atoms with E-state index in [4.69, 9.17) is 15.2 Å². The van der Waals surface area contributed by atoms with E-state index in [9.17, 15) is 9.59 Å². The molecule has 1 atom stereocenters. The number of hydrogen-bond donors (Lipinski definition) is 1. The molecule has 0 aliphatic rings. The smallest absolute Gasteiger partial charge is 0.323 e. The van der Waals surface area contributed by atoms with Crippen molar-refractivity contribution in [3.05, 3.63) is 12.2 Å². The zero-order valence-electron chi connectivity index (χ0n) is 10.5. The van der Waals surface area contributed by atoms with Crippen LogP contribution in [0.5, 0.6) is 0 Å². The number of nitrogens with two attached hydrogens (primary N) is 1.